The standard InChI is InChI=1S/C16H22N2O2/c1-4-17(5-2)16(19)12-18-10-9-13-11-14(20-6-3)7-8-15(13)18/h7-11H,4-6,12H2,1-3H3. The molecule has 0 bridgehead atoms. The number of aromatic nitrogens is 1. The minimum atomic E-state index is 0.154. The Bertz CT molecular complexity index is 585. The summed E-state index contributed by atoms with van der Waals surface area (Å²) in [6, 6.07) is 7.99. The van der Waals surface area contributed by atoms with E-state index < -0.39 is 0 Å². The summed E-state index contributed by atoms with van der Waals surface area (Å²) in [5, 5.41) is 1.10. The van der Waals surface area contributed by atoms with Crippen LogP contribution in [0.1, 0.15) is 20.8 Å². The highest BCUT2D eigenvalue weighted by atomic mass is 16.5. The molecule has 1 aromatic carbocycles. The summed E-state index contributed by atoms with van der Waals surface area (Å²) < 4.78 is 7.48. The topological polar surface area (TPSA) is 34.5 Å². The number of hydrogen-bond donors (Lipinski definition) is 0. The Morgan fingerprint density at radius 2 is 1.95 bits per heavy atom. The molecule has 1 amide bonds. The quantitative estimate of drug-likeness (QED) is 0.811. The number of carbonyl (C=O) groups excluding carboxylic acids is 1. The van der Waals surface area contributed by atoms with E-state index >= 15 is 0 Å². The fourth-order valence-electron chi connectivity index (χ4n) is 2.39. The van der Waals surface area contributed by atoms with Gasteiger partial charge in [0.15, 0.2) is 0 Å². The maximum absolute atomic E-state index is 12.2. The van der Waals surface area contributed by atoms with E-state index in [2.05, 4.69) is 0 Å². The van der Waals surface area contributed by atoms with Gasteiger partial charge in [-0.3, -0.25) is 4.79 Å². The van der Waals surface area contributed by atoms with Gasteiger partial charge >= 0.3 is 0 Å². The molecule has 0 N–H and O–H groups in total. The molecule has 20 heavy (non-hydrogen) atoms. The Labute approximate surface area is 119 Å². The molecule has 4 heteroatoms. The second-order valence-corrected chi connectivity index (χ2v) is 4.66. The lowest BCUT2D eigenvalue weighted by atomic mass is 10.2. The third-order valence-electron chi connectivity index (χ3n) is 3.48. The molecule has 2 rings (SSSR count). The highest BCUT2D eigenvalue weighted by molar-refractivity contribution is 5.84. The van der Waals surface area contributed by atoms with Crippen molar-refractivity contribution in [1.29, 1.82) is 0 Å². The van der Waals surface area contributed by atoms with Crippen LogP contribution in [0.25, 0.3) is 10.9 Å². The molecule has 0 saturated heterocycles. The third-order valence-corrected chi connectivity index (χ3v) is 3.48. The lowest BCUT2D eigenvalue weighted by molar-refractivity contribution is -0.131. The predicted molar refractivity (Wildman–Crippen MR) is 81.0 cm³/mol. The summed E-state index contributed by atoms with van der Waals surface area (Å²) in [5.74, 6) is 1.02. The summed E-state index contributed by atoms with van der Waals surface area (Å²) in [6.45, 7) is 8.53. The number of ether oxygens (including phenoxy) is 1. The molecular formula is C16H22N2O2. The molecule has 0 aliphatic carbocycles. The Morgan fingerprint density at radius 3 is 2.60 bits per heavy atom. The zero-order chi connectivity index (χ0) is 14.5. The number of amides is 1. The monoisotopic (exact) mass is 274 g/mol. The van der Waals surface area contributed by atoms with Gasteiger partial charge in [0.25, 0.3) is 0 Å². The highest BCUT2D eigenvalue weighted by Gasteiger charge is 2.11. The van der Waals surface area contributed by atoms with Gasteiger partial charge in [-0.15, -0.1) is 0 Å². The van der Waals surface area contributed by atoms with Gasteiger partial charge in [-0.05, 0) is 45.0 Å². The van der Waals surface area contributed by atoms with Crippen LogP contribution in [0.5, 0.6) is 5.75 Å². The van der Waals surface area contributed by atoms with E-state index in [9.17, 15) is 4.79 Å². The summed E-state index contributed by atoms with van der Waals surface area (Å²) in [6.07, 6.45) is 1.96. The molecule has 1 aromatic heterocycles. The average molecular weight is 274 g/mol. The number of carbonyl (C=O) groups is 1. The van der Waals surface area contributed by atoms with Crippen LogP contribution in [0.15, 0.2) is 30.5 Å². The minimum Gasteiger partial charge on any atom is -0.494 e. The first-order valence-electron chi connectivity index (χ1n) is 7.19. The van der Waals surface area contributed by atoms with Gasteiger partial charge in [0.05, 0.1) is 6.61 Å². The van der Waals surface area contributed by atoms with Crippen LogP contribution in [0.2, 0.25) is 0 Å². The normalized spacial score (nSPS) is 10.8. The molecule has 1 heterocycles. The summed E-state index contributed by atoms with van der Waals surface area (Å²) >= 11 is 0. The molecule has 108 valence electrons. The first-order valence-corrected chi connectivity index (χ1v) is 7.19. The number of hydrogen-bond acceptors (Lipinski definition) is 2. The van der Waals surface area contributed by atoms with E-state index in [1.807, 2.05) is 60.7 Å². The predicted octanol–water partition coefficient (Wildman–Crippen LogP) is 2.91. The van der Waals surface area contributed by atoms with Gasteiger partial charge < -0.3 is 14.2 Å². The van der Waals surface area contributed by atoms with Crippen molar-refractivity contribution >= 4 is 16.8 Å². The highest BCUT2D eigenvalue weighted by Crippen LogP contribution is 2.22. The first kappa shape index (κ1) is 14.4. The van der Waals surface area contributed by atoms with Gasteiger partial charge in [-0.25, -0.2) is 0 Å². The molecule has 0 fully saturated rings. The summed E-state index contributed by atoms with van der Waals surface area (Å²) in [5.41, 5.74) is 1.06. The van der Waals surface area contributed by atoms with Crippen LogP contribution < -0.4 is 4.74 Å². The molecule has 2 aromatic rings. The number of nitrogens with zero attached hydrogens (tertiary/aromatic N) is 2. The van der Waals surface area contributed by atoms with Crippen LogP contribution in [0, 0.1) is 0 Å². The maximum atomic E-state index is 12.2. The van der Waals surface area contributed by atoms with E-state index in [-0.39, 0.29) is 5.91 Å². The lowest BCUT2D eigenvalue weighted by Gasteiger charge is -2.19. The Morgan fingerprint density at radius 1 is 1.20 bits per heavy atom. The molecule has 0 aliphatic rings. The second-order valence-electron chi connectivity index (χ2n) is 4.66. The number of likely N-dealkylation sites (N-methyl/N-ethyl adjacent to an activating group) is 1. The third kappa shape index (κ3) is 2.95. The zero-order valence-electron chi connectivity index (χ0n) is 12.4. The molecule has 4 nitrogen and oxygen atoms in total. The van der Waals surface area contributed by atoms with E-state index in [0.29, 0.717) is 13.2 Å². The largest absolute Gasteiger partial charge is 0.494 e. The number of rotatable bonds is 6. The van der Waals surface area contributed by atoms with Crippen molar-refractivity contribution in [2.45, 2.75) is 27.3 Å². The SMILES string of the molecule is CCOc1ccc2c(ccn2CC(=O)N(CC)CC)c1. The van der Waals surface area contributed by atoms with Gasteiger partial charge in [0, 0.05) is 30.2 Å². The molecule has 0 spiro atoms. The molecule has 0 radical (unpaired) electrons. The van der Waals surface area contributed by atoms with Gasteiger partial charge in [-0.1, -0.05) is 0 Å². The second kappa shape index (κ2) is 6.46. The number of benzene rings is 1. The Balaban J connectivity index is 2.21. The fourth-order valence-corrected chi connectivity index (χ4v) is 2.39. The smallest absolute Gasteiger partial charge is 0.242 e. The molecular weight excluding hydrogens is 252 g/mol. The molecule has 0 aliphatic heterocycles. The van der Waals surface area contributed by atoms with Crippen molar-refractivity contribution in [3.05, 3.63) is 30.5 Å². The van der Waals surface area contributed by atoms with Crippen LogP contribution >= 0.6 is 0 Å². The maximum Gasteiger partial charge on any atom is 0.242 e. The van der Waals surface area contributed by atoms with E-state index in [1.165, 1.54) is 0 Å². The van der Waals surface area contributed by atoms with Crippen molar-refractivity contribution in [2.75, 3.05) is 19.7 Å². The molecule has 0 atom stereocenters. The van der Waals surface area contributed by atoms with E-state index in [0.717, 1.165) is 29.7 Å². The minimum absolute atomic E-state index is 0.154. The number of fused-ring (bicyclic) bond motifs is 1. The molecule has 0 saturated carbocycles. The average Bonchev–Trinajstić information content (AvgIpc) is 2.83. The van der Waals surface area contributed by atoms with Crippen molar-refractivity contribution < 1.29 is 9.53 Å². The zero-order valence-corrected chi connectivity index (χ0v) is 12.4. The fraction of sp³-hybridized carbons (Fsp3) is 0.438. The van der Waals surface area contributed by atoms with Crippen molar-refractivity contribution in [2.24, 2.45) is 0 Å². The van der Waals surface area contributed by atoms with Crippen LogP contribution in [-0.2, 0) is 11.3 Å². The van der Waals surface area contributed by atoms with E-state index in [4.69, 9.17) is 4.74 Å². The van der Waals surface area contributed by atoms with Crippen molar-refractivity contribution in [1.82, 2.24) is 9.47 Å². The van der Waals surface area contributed by atoms with Gasteiger partial charge in [-0.2, -0.15) is 0 Å². The lowest BCUT2D eigenvalue weighted by Crippen LogP contribution is -2.33. The summed E-state index contributed by atoms with van der Waals surface area (Å²) in [7, 11) is 0. The van der Waals surface area contributed by atoms with Crippen LogP contribution in [-0.4, -0.2) is 35.1 Å². The van der Waals surface area contributed by atoms with Crippen molar-refractivity contribution in [3.8, 4) is 5.75 Å². The Kier molecular flexibility index (Phi) is 4.66. The van der Waals surface area contributed by atoms with Gasteiger partial charge in [0.2, 0.25) is 5.91 Å². The Hall–Kier alpha value is -1.97. The first-order chi connectivity index (χ1) is 9.69. The summed E-state index contributed by atoms with van der Waals surface area (Å²) in [4.78, 5) is 14.0. The van der Waals surface area contributed by atoms with E-state index in [1.54, 1.807) is 0 Å². The van der Waals surface area contributed by atoms with Gasteiger partial charge in [0.1, 0.15) is 12.3 Å². The molecule has 0 unspecified atom stereocenters. The van der Waals surface area contributed by atoms with Crippen LogP contribution in [0.4, 0.5) is 0 Å². The van der Waals surface area contributed by atoms with Crippen LogP contribution in [0.3, 0.4) is 0 Å². The van der Waals surface area contributed by atoms with Crippen molar-refractivity contribution in [3.63, 3.8) is 0 Å².